The minimum absolute atomic E-state index is 0.0490. The van der Waals surface area contributed by atoms with E-state index in [1.165, 1.54) is 7.11 Å². The van der Waals surface area contributed by atoms with Crippen LogP contribution in [0.4, 0.5) is 4.79 Å². The highest BCUT2D eigenvalue weighted by Gasteiger charge is 2.50. The minimum Gasteiger partial charge on any atom is -0.447 e. The van der Waals surface area contributed by atoms with E-state index in [1.807, 2.05) is 13.8 Å². The Kier molecular flexibility index (Phi) is 7.74. The van der Waals surface area contributed by atoms with Gasteiger partial charge in [-0.3, -0.25) is 9.59 Å². The molecule has 2 rings (SSSR count). The summed E-state index contributed by atoms with van der Waals surface area (Å²) in [7, 11) is 1.23. The number of aliphatic hydroxyl groups is 2. The third kappa shape index (κ3) is 4.62. The maximum atomic E-state index is 13.0. The van der Waals surface area contributed by atoms with Crippen LogP contribution in [0.5, 0.6) is 0 Å². The lowest BCUT2D eigenvalue weighted by Gasteiger charge is -2.38. The van der Waals surface area contributed by atoms with E-state index in [2.05, 4.69) is 15.9 Å². The molecular formula is C18H26BrNO8. The number of ketones is 1. The Balaban J connectivity index is 2.26. The summed E-state index contributed by atoms with van der Waals surface area (Å²) in [5, 5.41) is 19.7. The Hall–Kier alpha value is -1.33. The number of carbonyl (C=O) groups is 3. The van der Waals surface area contributed by atoms with Gasteiger partial charge >= 0.3 is 6.09 Å². The van der Waals surface area contributed by atoms with E-state index in [0.717, 1.165) is 11.0 Å². The van der Waals surface area contributed by atoms with Gasteiger partial charge in [0.05, 0.1) is 10.5 Å². The third-order valence-electron chi connectivity index (χ3n) is 4.85. The molecule has 0 spiro atoms. The van der Waals surface area contributed by atoms with Crippen LogP contribution in [-0.4, -0.2) is 77.3 Å². The van der Waals surface area contributed by atoms with Crippen molar-refractivity contribution in [2.75, 3.05) is 20.3 Å². The van der Waals surface area contributed by atoms with Crippen molar-refractivity contribution in [2.45, 2.75) is 57.1 Å². The van der Waals surface area contributed by atoms with Gasteiger partial charge in [0, 0.05) is 20.1 Å². The first-order valence-electron chi connectivity index (χ1n) is 9.11. The number of carbonyl (C=O) groups excluding carboxylic acids is 3. The molecule has 2 aliphatic heterocycles. The zero-order valence-electron chi connectivity index (χ0n) is 16.1. The minimum atomic E-state index is -1.84. The normalized spacial score (nSPS) is 29.1. The van der Waals surface area contributed by atoms with Gasteiger partial charge in [-0.15, -0.1) is 0 Å². The van der Waals surface area contributed by atoms with Crippen LogP contribution in [0.25, 0.3) is 0 Å². The molecule has 28 heavy (non-hydrogen) atoms. The number of imide groups is 1. The SMILES string of the molecule is COC(C(=O)N1C(=O)OCC1C(C)C)C1OC(O)(CCCCO)C(Br)=CC1=O. The average molecular weight is 464 g/mol. The van der Waals surface area contributed by atoms with Gasteiger partial charge in [-0.25, -0.2) is 9.69 Å². The first-order chi connectivity index (χ1) is 13.2. The maximum absolute atomic E-state index is 13.0. The molecule has 2 N–H and O–H groups in total. The Morgan fingerprint density at radius 1 is 1.43 bits per heavy atom. The van der Waals surface area contributed by atoms with E-state index in [-0.39, 0.29) is 30.0 Å². The number of halogens is 1. The van der Waals surface area contributed by atoms with Crippen molar-refractivity contribution in [3.8, 4) is 0 Å². The largest absolute Gasteiger partial charge is 0.447 e. The highest BCUT2D eigenvalue weighted by Crippen LogP contribution is 2.36. The first kappa shape index (κ1) is 23.0. The van der Waals surface area contributed by atoms with Gasteiger partial charge in [0.25, 0.3) is 5.91 Å². The first-order valence-corrected chi connectivity index (χ1v) is 9.90. The van der Waals surface area contributed by atoms with Crippen LogP contribution >= 0.6 is 15.9 Å². The molecule has 0 aromatic heterocycles. The van der Waals surface area contributed by atoms with Gasteiger partial charge in [0.15, 0.2) is 23.8 Å². The summed E-state index contributed by atoms with van der Waals surface area (Å²) in [6.45, 7) is 3.70. The second-order valence-electron chi connectivity index (χ2n) is 7.15. The van der Waals surface area contributed by atoms with E-state index in [1.54, 1.807) is 0 Å². The Labute approximate surface area is 171 Å². The summed E-state index contributed by atoms with van der Waals surface area (Å²) >= 11 is 3.14. The summed E-state index contributed by atoms with van der Waals surface area (Å²) in [4.78, 5) is 38.5. The Morgan fingerprint density at radius 3 is 2.68 bits per heavy atom. The average Bonchev–Trinajstić information content (AvgIpc) is 3.02. The van der Waals surface area contributed by atoms with Crippen molar-refractivity contribution in [2.24, 2.45) is 5.92 Å². The van der Waals surface area contributed by atoms with Crippen LogP contribution in [0, 0.1) is 5.92 Å². The van der Waals surface area contributed by atoms with Gasteiger partial charge in [-0.05, 0) is 40.8 Å². The van der Waals surface area contributed by atoms with Crippen molar-refractivity contribution in [1.29, 1.82) is 0 Å². The van der Waals surface area contributed by atoms with E-state index >= 15 is 0 Å². The highest BCUT2D eigenvalue weighted by molar-refractivity contribution is 9.11. The van der Waals surface area contributed by atoms with Gasteiger partial charge < -0.3 is 24.4 Å². The molecule has 1 fully saturated rings. The molecule has 0 aliphatic carbocycles. The Morgan fingerprint density at radius 2 is 2.11 bits per heavy atom. The molecular weight excluding hydrogens is 438 g/mol. The molecule has 10 heteroatoms. The molecule has 0 aromatic rings. The number of amides is 2. The molecule has 2 aliphatic rings. The molecule has 2 heterocycles. The van der Waals surface area contributed by atoms with E-state index in [9.17, 15) is 19.5 Å². The van der Waals surface area contributed by atoms with Crippen molar-refractivity contribution < 1.29 is 38.8 Å². The molecule has 4 unspecified atom stereocenters. The summed E-state index contributed by atoms with van der Waals surface area (Å²) < 4.78 is 15.9. The monoisotopic (exact) mass is 463 g/mol. The number of ether oxygens (including phenoxy) is 3. The summed E-state index contributed by atoms with van der Waals surface area (Å²) in [5.74, 6) is -3.23. The fourth-order valence-electron chi connectivity index (χ4n) is 3.18. The summed E-state index contributed by atoms with van der Waals surface area (Å²) in [5.41, 5.74) is 0. The van der Waals surface area contributed by atoms with Gasteiger partial charge in [0.1, 0.15) is 6.61 Å². The number of rotatable bonds is 8. The van der Waals surface area contributed by atoms with Crippen LogP contribution in [0.3, 0.4) is 0 Å². The van der Waals surface area contributed by atoms with Crippen LogP contribution in [0.15, 0.2) is 10.6 Å². The topological polar surface area (TPSA) is 123 Å². The molecule has 2 amide bonds. The Bertz CT molecular complexity index is 651. The van der Waals surface area contributed by atoms with Crippen LogP contribution < -0.4 is 0 Å². The second kappa shape index (κ2) is 9.45. The van der Waals surface area contributed by atoms with Crippen molar-refractivity contribution in [3.63, 3.8) is 0 Å². The predicted octanol–water partition coefficient (Wildman–Crippen LogP) is 1.10. The number of unbranched alkanes of at least 4 members (excludes halogenated alkanes) is 1. The standard InChI is InChI=1S/C18H26BrNO8/c1-10(2)11-9-27-17(24)20(11)16(23)15(26-3)14-12(22)8-13(19)18(25,28-14)6-4-5-7-21/h8,10-11,14-15,21,25H,4-7,9H2,1-3H3. The smallest absolute Gasteiger partial charge is 0.417 e. The number of nitrogens with zero attached hydrogens (tertiary/aromatic N) is 1. The fourth-order valence-corrected chi connectivity index (χ4v) is 3.70. The molecule has 0 saturated carbocycles. The second-order valence-corrected chi connectivity index (χ2v) is 8.01. The molecule has 0 radical (unpaired) electrons. The number of methoxy groups -OCH3 is 1. The number of hydrogen-bond acceptors (Lipinski definition) is 8. The number of hydrogen-bond donors (Lipinski definition) is 2. The van der Waals surface area contributed by atoms with Gasteiger partial charge in [-0.2, -0.15) is 0 Å². The fraction of sp³-hybridized carbons (Fsp3) is 0.722. The number of aliphatic hydroxyl groups excluding tert-OH is 1. The molecule has 0 bridgehead atoms. The van der Waals surface area contributed by atoms with Crippen LogP contribution in [-0.2, 0) is 23.8 Å². The van der Waals surface area contributed by atoms with Crippen molar-refractivity contribution in [1.82, 2.24) is 4.90 Å². The zero-order valence-corrected chi connectivity index (χ0v) is 17.7. The third-order valence-corrected chi connectivity index (χ3v) is 5.70. The van der Waals surface area contributed by atoms with E-state index in [0.29, 0.717) is 12.8 Å². The molecule has 158 valence electrons. The van der Waals surface area contributed by atoms with E-state index < -0.39 is 41.8 Å². The van der Waals surface area contributed by atoms with E-state index in [4.69, 9.17) is 19.3 Å². The van der Waals surface area contributed by atoms with Crippen molar-refractivity contribution in [3.05, 3.63) is 10.6 Å². The van der Waals surface area contributed by atoms with Crippen molar-refractivity contribution >= 4 is 33.7 Å². The molecule has 4 atom stereocenters. The molecule has 0 aromatic carbocycles. The lowest BCUT2D eigenvalue weighted by Crippen LogP contribution is -2.56. The summed E-state index contributed by atoms with van der Waals surface area (Å²) in [6, 6.07) is -0.484. The predicted molar refractivity (Wildman–Crippen MR) is 100 cm³/mol. The lowest BCUT2D eigenvalue weighted by molar-refractivity contribution is -0.227. The van der Waals surface area contributed by atoms with Gasteiger partial charge in [0.2, 0.25) is 0 Å². The molecule has 9 nitrogen and oxygen atoms in total. The summed E-state index contributed by atoms with van der Waals surface area (Å²) in [6.07, 6.45) is -1.55. The van der Waals surface area contributed by atoms with Crippen LogP contribution in [0.1, 0.15) is 33.1 Å². The van der Waals surface area contributed by atoms with Crippen LogP contribution in [0.2, 0.25) is 0 Å². The van der Waals surface area contributed by atoms with Gasteiger partial charge in [-0.1, -0.05) is 13.8 Å². The zero-order chi connectivity index (χ0) is 21.1. The lowest BCUT2D eigenvalue weighted by atomic mass is 9.98. The maximum Gasteiger partial charge on any atom is 0.417 e. The highest BCUT2D eigenvalue weighted by atomic mass is 79.9. The molecule has 1 saturated heterocycles. The number of cyclic esters (lactones) is 1. The quantitative estimate of drug-likeness (QED) is 0.513.